The lowest BCUT2D eigenvalue weighted by atomic mass is 10.0. The highest BCUT2D eigenvalue weighted by molar-refractivity contribution is 5.96. The van der Waals surface area contributed by atoms with Crippen LogP contribution in [0.25, 0.3) is 0 Å². The second-order valence-electron chi connectivity index (χ2n) is 8.17. The second kappa shape index (κ2) is 10.1. The summed E-state index contributed by atoms with van der Waals surface area (Å²) in [5, 5.41) is 10.4. The van der Waals surface area contributed by atoms with Gasteiger partial charge in [-0.25, -0.2) is 9.37 Å². The van der Waals surface area contributed by atoms with Crippen LogP contribution in [0.5, 0.6) is 5.75 Å². The Morgan fingerprint density at radius 2 is 1.85 bits per heavy atom. The Bertz CT molecular complexity index is 1180. The van der Waals surface area contributed by atoms with Gasteiger partial charge in [0.25, 0.3) is 5.56 Å². The summed E-state index contributed by atoms with van der Waals surface area (Å²) in [6.45, 7) is 1.65. The second-order valence-corrected chi connectivity index (χ2v) is 8.17. The number of Topliss-reactive ketones (excluding diaryl/α,β-unsaturated/α-hetero) is 1. The maximum absolute atomic E-state index is 13.1. The highest BCUT2D eigenvalue weighted by Gasteiger charge is 2.31. The zero-order chi connectivity index (χ0) is 23.4. The first-order chi connectivity index (χ1) is 15.9. The van der Waals surface area contributed by atoms with Crippen molar-refractivity contribution in [2.45, 2.75) is 32.0 Å². The van der Waals surface area contributed by atoms with Crippen LogP contribution in [0, 0.1) is 5.82 Å². The molecule has 1 atom stereocenters. The molecule has 0 bridgehead atoms. The summed E-state index contributed by atoms with van der Waals surface area (Å²) in [7, 11) is 1.91. The number of nitrogens with zero attached hydrogens (tertiary/aromatic N) is 3. The number of rotatable bonds is 8. The van der Waals surface area contributed by atoms with Gasteiger partial charge >= 0.3 is 0 Å². The van der Waals surface area contributed by atoms with E-state index in [2.05, 4.69) is 4.98 Å². The van der Waals surface area contributed by atoms with E-state index in [0.717, 1.165) is 11.1 Å². The quantitative estimate of drug-likeness (QED) is 0.530. The maximum Gasteiger partial charge on any atom is 0.296 e. The topological polar surface area (TPSA) is 84.7 Å². The predicted molar refractivity (Wildman–Crippen MR) is 121 cm³/mol. The summed E-state index contributed by atoms with van der Waals surface area (Å²) in [6, 6.07) is 15.3. The molecule has 1 aliphatic heterocycles. The number of ketones is 1. The number of benzene rings is 2. The largest absolute Gasteiger partial charge is 0.501 e. The van der Waals surface area contributed by atoms with Gasteiger partial charge in [-0.15, -0.1) is 0 Å². The van der Waals surface area contributed by atoms with E-state index in [4.69, 9.17) is 4.74 Å². The first kappa shape index (κ1) is 22.8. The molecule has 1 unspecified atom stereocenters. The van der Waals surface area contributed by atoms with E-state index in [9.17, 15) is 19.1 Å². The Labute approximate surface area is 191 Å². The molecule has 172 valence electrons. The predicted octanol–water partition coefficient (Wildman–Crippen LogP) is 3.11. The molecule has 0 amide bonds. The highest BCUT2D eigenvalue weighted by Crippen LogP contribution is 2.25. The number of halogens is 1. The molecule has 1 aromatic heterocycles. The van der Waals surface area contributed by atoms with E-state index in [0.29, 0.717) is 31.9 Å². The molecular weight excluding hydrogens is 425 g/mol. The maximum atomic E-state index is 13.1. The van der Waals surface area contributed by atoms with Crippen LogP contribution in [0.3, 0.4) is 0 Å². The van der Waals surface area contributed by atoms with Crippen LogP contribution in [0.4, 0.5) is 4.39 Å². The van der Waals surface area contributed by atoms with E-state index in [-0.39, 0.29) is 30.6 Å². The zero-order valence-corrected chi connectivity index (χ0v) is 18.4. The van der Waals surface area contributed by atoms with Crippen molar-refractivity contribution in [1.29, 1.82) is 0 Å². The summed E-state index contributed by atoms with van der Waals surface area (Å²) >= 11 is 0. The third-order valence-electron chi connectivity index (χ3n) is 5.89. The van der Waals surface area contributed by atoms with Gasteiger partial charge < -0.3 is 9.84 Å². The molecule has 8 heteroatoms. The molecule has 2 aromatic carbocycles. The van der Waals surface area contributed by atoms with Gasteiger partial charge in [-0.05, 0) is 36.7 Å². The van der Waals surface area contributed by atoms with Crippen molar-refractivity contribution in [3.05, 3.63) is 93.4 Å². The molecular formula is C25H26FN3O4. The van der Waals surface area contributed by atoms with Crippen molar-refractivity contribution in [3.8, 4) is 5.75 Å². The Kier molecular flexibility index (Phi) is 6.96. The van der Waals surface area contributed by atoms with Crippen LogP contribution in [-0.4, -0.2) is 45.5 Å². The smallest absolute Gasteiger partial charge is 0.296 e. The molecule has 0 radical (unpaired) electrons. The van der Waals surface area contributed by atoms with Crippen molar-refractivity contribution >= 4 is 5.78 Å². The van der Waals surface area contributed by atoms with E-state index in [1.54, 1.807) is 12.1 Å². The Morgan fingerprint density at radius 3 is 2.58 bits per heavy atom. The third-order valence-corrected chi connectivity index (χ3v) is 5.89. The van der Waals surface area contributed by atoms with Crippen LogP contribution in [-0.2, 0) is 24.3 Å². The van der Waals surface area contributed by atoms with Gasteiger partial charge in [-0.1, -0.05) is 42.5 Å². The van der Waals surface area contributed by atoms with Crippen molar-refractivity contribution in [3.63, 3.8) is 0 Å². The Balaban J connectivity index is 1.53. The van der Waals surface area contributed by atoms with Gasteiger partial charge in [0.2, 0.25) is 5.75 Å². The molecule has 4 rings (SSSR count). The van der Waals surface area contributed by atoms with Gasteiger partial charge in [0.1, 0.15) is 11.6 Å². The summed E-state index contributed by atoms with van der Waals surface area (Å²) in [4.78, 5) is 32.1. The first-order valence-corrected chi connectivity index (χ1v) is 10.9. The Morgan fingerprint density at radius 1 is 1.12 bits per heavy atom. The minimum Gasteiger partial charge on any atom is -0.501 e. The molecule has 0 saturated carbocycles. The van der Waals surface area contributed by atoms with Gasteiger partial charge in [0.15, 0.2) is 11.5 Å². The number of aromatic nitrogens is 2. The molecule has 0 aliphatic carbocycles. The molecule has 1 N–H and O–H groups in total. The average molecular weight is 451 g/mol. The van der Waals surface area contributed by atoms with Gasteiger partial charge in [0.05, 0.1) is 19.3 Å². The molecule has 1 aliphatic rings. The monoisotopic (exact) mass is 451 g/mol. The molecule has 33 heavy (non-hydrogen) atoms. The molecule has 0 spiro atoms. The summed E-state index contributed by atoms with van der Waals surface area (Å²) < 4.78 is 20.4. The average Bonchev–Trinajstić information content (AvgIpc) is 2.82. The van der Waals surface area contributed by atoms with Crippen molar-refractivity contribution in [2.24, 2.45) is 0 Å². The lowest BCUT2D eigenvalue weighted by Crippen LogP contribution is -2.43. The normalized spacial score (nSPS) is 15.9. The number of ether oxygens (including phenoxy) is 1. The lowest BCUT2D eigenvalue weighted by Gasteiger charge is -2.34. The van der Waals surface area contributed by atoms with Crippen LogP contribution in [0.15, 0.2) is 59.4 Å². The number of aromatic hydroxyl groups is 1. The van der Waals surface area contributed by atoms with Crippen LogP contribution in [0.2, 0.25) is 0 Å². The van der Waals surface area contributed by atoms with E-state index in [1.165, 1.54) is 16.7 Å². The fraction of sp³-hybridized carbons (Fsp3) is 0.320. The number of carbonyl (C=O) groups excluding carboxylic acids is 1. The van der Waals surface area contributed by atoms with Gasteiger partial charge in [-0.3, -0.25) is 19.1 Å². The Hall–Kier alpha value is -3.36. The van der Waals surface area contributed by atoms with Gasteiger partial charge in [-0.2, -0.15) is 0 Å². The van der Waals surface area contributed by atoms with Crippen LogP contribution in [0.1, 0.15) is 39.9 Å². The number of carbonyl (C=O) groups is 1. The van der Waals surface area contributed by atoms with E-state index < -0.39 is 17.1 Å². The standard InChI is InChI=1S/C25H26FN3O4/c1-28-13-14-29-24(20(28)16-33-15-18-5-3-2-4-6-18)27-22(23(31)25(29)32)21(30)12-9-17-7-10-19(26)11-8-17/h2-8,10-11,20,31H,9,12-16H2,1H3. The first-order valence-electron chi connectivity index (χ1n) is 10.9. The van der Waals surface area contributed by atoms with E-state index >= 15 is 0 Å². The van der Waals surface area contributed by atoms with Crippen molar-refractivity contribution < 1.29 is 19.0 Å². The van der Waals surface area contributed by atoms with Crippen molar-refractivity contribution in [2.75, 3.05) is 20.2 Å². The van der Waals surface area contributed by atoms with Gasteiger partial charge in [0, 0.05) is 19.5 Å². The molecule has 2 heterocycles. The lowest BCUT2D eigenvalue weighted by molar-refractivity contribution is 0.0430. The molecule has 3 aromatic rings. The third kappa shape index (κ3) is 5.18. The molecule has 0 fully saturated rings. The number of hydrogen-bond donors (Lipinski definition) is 1. The molecule has 7 nitrogen and oxygen atoms in total. The fourth-order valence-electron chi connectivity index (χ4n) is 3.93. The van der Waals surface area contributed by atoms with Crippen molar-refractivity contribution in [1.82, 2.24) is 14.5 Å². The zero-order valence-electron chi connectivity index (χ0n) is 18.4. The SMILES string of the molecule is CN1CCn2c(nc(C(=O)CCc3ccc(F)cc3)c(O)c2=O)C1COCc1ccccc1. The number of fused-ring (bicyclic) bond motifs is 1. The summed E-state index contributed by atoms with van der Waals surface area (Å²) in [6.07, 6.45) is 0.391. The van der Waals surface area contributed by atoms with Crippen LogP contribution < -0.4 is 5.56 Å². The summed E-state index contributed by atoms with van der Waals surface area (Å²) in [5.41, 5.74) is 0.970. The fourth-order valence-corrected chi connectivity index (χ4v) is 3.93. The summed E-state index contributed by atoms with van der Waals surface area (Å²) in [5.74, 6) is -1.01. The number of aryl methyl sites for hydroxylation is 1. The minimum atomic E-state index is -0.628. The number of likely N-dealkylation sites (N-methyl/N-ethyl adjacent to an activating group) is 1. The van der Waals surface area contributed by atoms with Crippen LogP contribution >= 0.6 is 0 Å². The molecule has 0 saturated heterocycles. The minimum absolute atomic E-state index is 0.0418. The highest BCUT2D eigenvalue weighted by atomic mass is 19.1. The number of hydrogen-bond acceptors (Lipinski definition) is 6. The van der Waals surface area contributed by atoms with E-state index in [1.807, 2.05) is 42.3 Å².